The van der Waals surface area contributed by atoms with E-state index in [1.807, 2.05) is 4.68 Å². The molecule has 1 unspecified atom stereocenters. The fourth-order valence-electron chi connectivity index (χ4n) is 1.80. The van der Waals surface area contributed by atoms with Gasteiger partial charge in [-0.05, 0) is 31.8 Å². The minimum absolute atomic E-state index is 0.253. The van der Waals surface area contributed by atoms with Crippen LogP contribution in [0.5, 0.6) is 5.75 Å². The minimum atomic E-state index is 0.253. The smallest absolute Gasteiger partial charge is 0.153 e. The first kappa shape index (κ1) is 8.56. The lowest BCUT2D eigenvalue weighted by molar-refractivity contribution is 0.324. The fraction of sp³-hybridized carbons (Fsp3) is 0.667. The molecule has 1 saturated heterocycles. The van der Waals surface area contributed by atoms with Crippen LogP contribution in [-0.2, 0) is 6.54 Å². The van der Waals surface area contributed by atoms with Crippen LogP contribution in [0.25, 0.3) is 0 Å². The molecule has 2 N–H and O–H groups in total. The topological polar surface area (TPSA) is 50.1 Å². The molecule has 0 radical (unpaired) electrons. The van der Waals surface area contributed by atoms with Gasteiger partial charge in [0.25, 0.3) is 0 Å². The summed E-state index contributed by atoms with van der Waals surface area (Å²) < 4.78 is 1.81. The van der Waals surface area contributed by atoms with Crippen LogP contribution in [0.4, 0.5) is 0 Å². The van der Waals surface area contributed by atoms with E-state index in [-0.39, 0.29) is 5.75 Å². The van der Waals surface area contributed by atoms with E-state index in [1.165, 1.54) is 19.0 Å². The van der Waals surface area contributed by atoms with E-state index in [1.54, 1.807) is 6.20 Å². The monoisotopic (exact) mass is 181 g/mol. The van der Waals surface area contributed by atoms with Crippen molar-refractivity contribution in [3.8, 4) is 5.75 Å². The molecule has 1 aromatic rings. The summed E-state index contributed by atoms with van der Waals surface area (Å²) >= 11 is 0. The predicted molar refractivity (Wildman–Crippen MR) is 49.5 cm³/mol. The second-order valence-electron chi connectivity index (χ2n) is 3.63. The highest BCUT2D eigenvalue weighted by molar-refractivity contribution is 5.08. The average molecular weight is 181 g/mol. The Morgan fingerprint density at radius 1 is 1.69 bits per heavy atom. The average Bonchev–Trinajstić information content (AvgIpc) is 2.53. The van der Waals surface area contributed by atoms with Crippen molar-refractivity contribution < 1.29 is 5.11 Å². The van der Waals surface area contributed by atoms with Crippen LogP contribution in [0.15, 0.2) is 12.4 Å². The van der Waals surface area contributed by atoms with E-state index in [9.17, 15) is 0 Å². The van der Waals surface area contributed by atoms with Crippen LogP contribution < -0.4 is 5.32 Å². The van der Waals surface area contributed by atoms with Crippen LogP contribution >= 0.6 is 0 Å². The van der Waals surface area contributed by atoms with Crippen molar-refractivity contribution in [3.05, 3.63) is 12.4 Å². The Morgan fingerprint density at radius 2 is 2.62 bits per heavy atom. The highest BCUT2D eigenvalue weighted by atomic mass is 16.3. The summed E-state index contributed by atoms with van der Waals surface area (Å²) in [6, 6.07) is 0. The molecule has 0 saturated carbocycles. The van der Waals surface area contributed by atoms with Gasteiger partial charge in [-0.3, -0.25) is 4.68 Å². The Bertz CT molecular complexity index is 266. The normalized spacial score (nSPS) is 23.2. The van der Waals surface area contributed by atoms with E-state index in [0.29, 0.717) is 5.92 Å². The van der Waals surface area contributed by atoms with Crippen LogP contribution in [0.2, 0.25) is 0 Å². The first-order valence-corrected chi connectivity index (χ1v) is 4.77. The zero-order valence-corrected chi connectivity index (χ0v) is 7.61. The molecule has 1 aliphatic rings. The molecule has 0 amide bonds. The van der Waals surface area contributed by atoms with Gasteiger partial charge in [0.05, 0.1) is 12.4 Å². The summed E-state index contributed by atoms with van der Waals surface area (Å²) in [6.07, 6.45) is 5.66. The maximum atomic E-state index is 9.08. The van der Waals surface area contributed by atoms with Crippen molar-refractivity contribution in [2.24, 2.45) is 5.92 Å². The number of piperidine rings is 1. The van der Waals surface area contributed by atoms with Crippen molar-refractivity contribution in [1.29, 1.82) is 0 Å². The van der Waals surface area contributed by atoms with E-state index in [2.05, 4.69) is 10.4 Å². The van der Waals surface area contributed by atoms with Gasteiger partial charge < -0.3 is 10.4 Å². The summed E-state index contributed by atoms with van der Waals surface area (Å²) in [4.78, 5) is 0. The van der Waals surface area contributed by atoms with Crippen LogP contribution in [0.1, 0.15) is 12.8 Å². The Hall–Kier alpha value is -1.03. The van der Waals surface area contributed by atoms with Gasteiger partial charge in [0.2, 0.25) is 0 Å². The minimum Gasteiger partial charge on any atom is -0.505 e. The van der Waals surface area contributed by atoms with Crippen molar-refractivity contribution >= 4 is 0 Å². The number of rotatable bonds is 2. The molecular formula is C9H15N3O. The molecule has 13 heavy (non-hydrogen) atoms. The molecule has 0 bridgehead atoms. The third-order valence-electron chi connectivity index (χ3n) is 2.46. The van der Waals surface area contributed by atoms with Crippen LogP contribution in [0, 0.1) is 5.92 Å². The summed E-state index contributed by atoms with van der Waals surface area (Å²) in [5, 5.41) is 16.5. The lowest BCUT2D eigenvalue weighted by atomic mass is 10.00. The molecule has 72 valence electrons. The van der Waals surface area contributed by atoms with Gasteiger partial charge in [-0.1, -0.05) is 0 Å². The largest absolute Gasteiger partial charge is 0.505 e. The molecule has 1 atom stereocenters. The number of nitrogens with one attached hydrogen (secondary N) is 1. The second kappa shape index (κ2) is 3.79. The third-order valence-corrected chi connectivity index (χ3v) is 2.46. The number of hydrogen-bond donors (Lipinski definition) is 2. The Labute approximate surface area is 77.6 Å². The highest BCUT2D eigenvalue weighted by Gasteiger charge is 2.13. The molecule has 0 aliphatic carbocycles. The molecule has 0 aromatic carbocycles. The number of aromatic hydroxyl groups is 1. The van der Waals surface area contributed by atoms with E-state index >= 15 is 0 Å². The maximum Gasteiger partial charge on any atom is 0.153 e. The second-order valence-corrected chi connectivity index (χ2v) is 3.63. The van der Waals surface area contributed by atoms with Crippen LogP contribution in [-0.4, -0.2) is 28.0 Å². The Morgan fingerprint density at radius 3 is 3.23 bits per heavy atom. The standard InChI is InChI=1S/C9H15N3O/c13-9-5-11-12(7-9)6-8-2-1-3-10-4-8/h5,7-8,10,13H,1-4,6H2. The highest BCUT2D eigenvalue weighted by Crippen LogP contribution is 2.13. The fourth-order valence-corrected chi connectivity index (χ4v) is 1.80. The summed E-state index contributed by atoms with van der Waals surface area (Å²) in [6.45, 7) is 3.12. The molecule has 0 spiro atoms. The van der Waals surface area contributed by atoms with Gasteiger partial charge in [0.1, 0.15) is 0 Å². The molecule has 1 aliphatic heterocycles. The first-order chi connectivity index (χ1) is 6.34. The third kappa shape index (κ3) is 2.21. The van der Waals surface area contributed by atoms with Crippen molar-refractivity contribution in [1.82, 2.24) is 15.1 Å². The van der Waals surface area contributed by atoms with Gasteiger partial charge in [-0.15, -0.1) is 0 Å². The van der Waals surface area contributed by atoms with Gasteiger partial charge in [-0.2, -0.15) is 5.10 Å². The number of hydrogen-bond acceptors (Lipinski definition) is 3. The molecule has 2 rings (SSSR count). The van der Waals surface area contributed by atoms with E-state index < -0.39 is 0 Å². The van der Waals surface area contributed by atoms with Gasteiger partial charge in [-0.25, -0.2) is 0 Å². The maximum absolute atomic E-state index is 9.08. The first-order valence-electron chi connectivity index (χ1n) is 4.77. The van der Waals surface area contributed by atoms with Gasteiger partial charge in [0.15, 0.2) is 5.75 Å². The van der Waals surface area contributed by atoms with Crippen molar-refractivity contribution in [3.63, 3.8) is 0 Å². The summed E-state index contributed by atoms with van der Waals surface area (Å²) in [5.41, 5.74) is 0. The van der Waals surface area contributed by atoms with Crippen molar-refractivity contribution in [2.45, 2.75) is 19.4 Å². The molecular weight excluding hydrogens is 166 g/mol. The number of aromatic nitrogens is 2. The molecule has 4 nitrogen and oxygen atoms in total. The zero-order valence-electron chi connectivity index (χ0n) is 7.61. The molecule has 4 heteroatoms. The van der Waals surface area contributed by atoms with Gasteiger partial charge in [0, 0.05) is 6.54 Å². The Kier molecular flexibility index (Phi) is 2.49. The summed E-state index contributed by atoms with van der Waals surface area (Å²) in [5.74, 6) is 0.914. The lowest BCUT2D eigenvalue weighted by Gasteiger charge is -2.22. The lowest BCUT2D eigenvalue weighted by Crippen LogP contribution is -2.32. The molecule has 1 fully saturated rings. The Balaban J connectivity index is 1.89. The predicted octanol–water partition coefficient (Wildman–Crippen LogP) is 0.588. The SMILES string of the molecule is Oc1cnn(CC2CCCNC2)c1. The van der Waals surface area contributed by atoms with Gasteiger partial charge >= 0.3 is 0 Å². The van der Waals surface area contributed by atoms with E-state index in [4.69, 9.17) is 5.11 Å². The van der Waals surface area contributed by atoms with Crippen LogP contribution in [0.3, 0.4) is 0 Å². The quantitative estimate of drug-likeness (QED) is 0.702. The summed E-state index contributed by atoms with van der Waals surface area (Å²) in [7, 11) is 0. The molecule has 1 aromatic heterocycles. The number of nitrogens with zero attached hydrogens (tertiary/aromatic N) is 2. The van der Waals surface area contributed by atoms with Crippen molar-refractivity contribution in [2.75, 3.05) is 13.1 Å². The zero-order chi connectivity index (χ0) is 9.10. The molecule has 2 heterocycles. The van der Waals surface area contributed by atoms with E-state index in [0.717, 1.165) is 19.6 Å².